The van der Waals surface area contributed by atoms with Crippen LogP contribution in [-0.2, 0) is 10.0 Å². The lowest BCUT2D eigenvalue weighted by molar-refractivity contribution is -0.388. The van der Waals surface area contributed by atoms with Crippen molar-refractivity contribution in [3.05, 3.63) is 46.7 Å². The van der Waals surface area contributed by atoms with Crippen LogP contribution in [-0.4, -0.2) is 66.0 Å². The van der Waals surface area contributed by atoms with Crippen molar-refractivity contribution in [3.63, 3.8) is 0 Å². The minimum Gasteiger partial charge on any atom is -0.459 e. The van der Waals surface area contributed by atoms with Crippen molar-refractivity contribution in [2.24, 2.45) is 0 Å². The maximum Gasteiger partial charge on any atom is 0.284 e. The van der Waals surface area contributed by atoms with Gasteiger partial charge in [-0.3, -0.25) is 10.1 Å². The molecule has 0 aliphatic carbocycles. The molecule has 0 unspecified atom stereocenters. The molecule has 0 N–H and O–H groups in total. The SMILES string of the molecule is CN1CCN(S(=O)(=O)c2ccc(Sc3nnc(-c4ccco4)o3)c([N+](=O)[O-])c2)CC1. The summed E-state index contributed by atoms with van der Waals surface area (Å²) in [6.45, 7) is 1.87. The number of hydrogen-bond acceptors (Lipinski definition) is 10. The molecule has 0 spiro atoms. The molecule has 0 saturated carbocycles. The summed E-state index contributed by atoms with van der Waals surface area (Å²) in [7, 11) is -1.92. The van der Waals surface area contributed by atoms with E-state index in [1.807, 2.05) is 11.9 Å². The normalized spacial score (nSPS) is 16.0. The maximum atomic E-state index is 12.9. The number of nitro groups is 1. The van der Waals surface area contributed by atoms with E-state index in [1.165, 1.54) is 22.7 Å². The quantitative estimate of drug-likeness (QED) is 0.406. The summed E-state index contributed by atoms with van der Waals surface area (Å²) in [4.78, 5) is 13.1. The fourth-order valence-electron chi connectivity index (χ4n) is 2.91. The molecule has 2 aromatic heterocycles. The van der Waals surface area contributed by atoms with Crippen LogP contribution in [0.3, 0.4) is 0 Å². The molecule has 0 radical (unpaired) electrons. The van der Waals surface area contributed by atoms with Crippen molar-refractivity contribution >= 4 is 27.5 Å². The summed E-state index contributed by atoms with van der Waals surface area (Å²) in [6, 6.07) is 7.11. The second-order valence-corrected chi connectivity index (χ2v) is 9.48. The number of nitrogens with zero attached hydrogens (tertiary/aromatic N) is 5. The number of piperazine rings is 1. The van der Waals surface area contributed by atoms with Gasteiger partial charge < -0.3 is 13.7 Å². The van der Waals surface area contributed by atoms with E-state index in [2.05, 4.69) is 10.2 Å². The first-order valence-corrected chi connectivity index (χ1v) is 11.1. The highest BCUT2D eigenvalue weighted by molar-refractivity contribution is 7.99. The molecule has 3 aromatic rings. The summed E-state index contributed by atoms with van der Waals surface area (Å²) in [5.41, 5.74) is -0.354. The molecule has 1 aliphatic heterocycles. The third-order valence-corrected chi connectivity index (χ3v) is 7.36. The van der Waals surface area contributed by atoms with E-state index in [0.29, 0.717) is 31.9 Å². The third-order valence-electron chi connectivity index (χ3n) is 4.56. The van der Waals surface area contributed by atoms with Crippen LogP contribution in [0.15, 0.2) is 60.4 Å². The van der Waals surface area contributed by atoms with Gasteiger partial charge in [-0.15, -0.1) is 10.2 Å². The van der Waals surface area contributed by atoms with E-state index in [4.69, 9.17) is 8.83 Å². The van der Waals surface area contributed by atoms with E-state index >= 15 is 0 Å². The van der Waals surface area contributed by atoms with E-state index < -0.39 is 14.9 Å². The number of benzene rings is 1. The molecule has 0 bridgehead atoms. The Kier molecular flexibility index (Phi) is 5.60. The molecule has 30 heavy (non-hydrogen) atoms. The lowest BCUT2D eigenvalue weighted by Crippen LogP contribution is -2.47. The van der Waals surface area contributed by atoms with Crippen LogP contribution in [0.4, 0.5) is 5.69 Å². The van der Waals surface area contributed by atoms with E-state index in [1.54, 1.807) is 12.1 Å². The van der Waals surface area contributed by atoms with Crippen molar-refractivity contribution < 1.29 is 22.2 Å². The van der Waals surface area contributed by atoms with Crippen molar-refractivity contribution in [1.82, 2.24) is 19.4 Å². The molecule has 3 heterocycles. The molecule has 1 fully saturated rings. The van der Waals surface area contributed by atoms with Gasteiger partial charge in [0.15, 0.2) is 5.76 Å². The number of nitro benzene ring substituents is 1. The topological polar surface area (TPSA) is 136 Å². The minimum atomic E-state index is -3.83. The first kappa shape index (κ1) is 20.5. The molecule has 13 heteroatoms. The minimum absolute atomic E-state index is 0.0687. The van der Waals surface area contributed by atoms with Crippen molar-refractivity contribution in [3.8, 4) is 11.7 Å². The van der Waals surface area contributed by atoms with Gasteiger partial charge in [0.25, 0.3) is 16.8 Å². The maximum absolute atomic E-state index is 12.9. The molecular formula is C17H17N5O6S2. The highest BCUT2D eigenvalue weighted by atomic mass is 32.2. The smallest absolute Gasteiger partial charge is 0.284 e. The zero-order valence-corrected chi connectivity index (χ0v) is 17.4. The second-order valence-electron chi connectivity index (χ2n) is 6.55. The van der Waals surface area contributed by atoms with Crippen LogP contribution in [0.25, 0.3) is 11.7 Å². The summed E-state index contributed by atoms with van der Waals surface area (Å²) < 4.78 is 37.8. The predicted molar refractivity (Wildman–Crippen MR) is 105 cm³/mol. The Morgan fingerprint density at radius 1 is 1.17 bits per heavy atom. The van der Waals surface area contributed by atoms with Gasteiger partial charge >= 0.3 is 0 Å². The molecule has 11 nitrogen and oxygen atoms in total. The molecule has 1 saturated heterocycles. The standard InChI is InChI=1S/C17H17N5O6S2/c1-20-6-8-21(9-7-20)30(25,26)12-4-5-15(13(11-12)22(23)24)29-17-19-18-16(28-17)14-3-2-10-27-14/h2-5,10-11H,6-9H2,1H3. The summed E-state index contributed by atoms with van der Waals surface area (Å²) in [5.74, 6) is 0.511. The molecule has 158 valence electrons. The van der Waals surface area contributed by atoms with Gasteiger partial charge in [-0.2, -0.15) is 4.31 Å². The number of aromatic nitrogens is 2. The number of hydrogen-bond donors (Lipinski definition) is 0. The highest BCUT2D eigenvalue weighted by Crippen LogP contribution is 2.37. The summed E-state index contributed by atoms with van der Waals surface area (Å²) in [6.07, 6.45) is 1.46. The van der Waals surface area contributed by atoms with Gasteiger partial charge in [-0.25, -0.2) is 8.42 Å². The number of sulfonamides is 1. The third kappa shape index (κ3) is 4.09. The van der Waals surface area contributed by atoms with Gasteiger partial charge in [-0.1, -0.05) is 0 Å². The average molecular weight is 451 g/mol. The molecule has 1 aromatic carbocycles. The molecule has 1 aliphatic rings. The average Bonchev–Trinajstić information content (AvgIpc) is 3.40. The first-order valence-electron chi connectivity index (χ1n) is 8.87. The zero-order chi connectivity index (χ0) is 21.3. The van der Waals surface area contributed by atoms with E-state index in [9.17, 15) is 18.5 Å². The van der Waals surface area contributed by atoms with Crippen molar-refractivity contribution in [2.75, 3.05) is 33.2 Å². The zero-order valence-electron chi connectivity index (χ0n) is 15.8. The number of likely N-dealkylation sites (N-methyl/N-ethyl adjacent to an activating group) is 1. The summed E-state index contributed by atoms with van der Waals surface area (Å²) >= 11 is 0.877. The Bertz CT molecular complexity index is 1150. The molecule has 4 rings (SSSR count). The van der Waals surface area contributed by atoms with Gasteiger partial charge in [0.05, 0.1) is 21.0 Å². The van der Waals surface area contributed by atoms with Crippen LogP contribution < -0.4 is 0 Å². The Balaban J connectivity index is 1.60. The second kappa shape index (κ2) is 8.18. The Hall–Kier alpha value is -2.74. The molecular weight excluding hydrogens is 434 g/mol. The van der Waals surface area contributed by atoms with Crippen LogP contribution >= 0.6 is 11.8 Å². The van der Waals surface area contributed by atoms with Gasteiger partial charge in [0.1, 0.15) is 0 Å². The lowest BCUT2D eigenvalue weighted by Gasteiger charge is -2.31. The van der Waals surface area contributed by atoms with Gasteiger partial charge in [0.2, 0.25) is 10.0 Å². The largest absolute Gasteiger partial charge is 0.459 e. The Morgan fingerprint density at radius 3 is 2.60 bits per heavy atom. The van der Waals surface area contributed by atoms with Crippen LogP contribution in [0.5, 0.6) is 0 Å². The Morgan fingerprint density at radius 2 is 1.93 bits per heavy atom. The summed E-state index contributed by atoms with van der Waals surface area (Å²) in [5, 5.41) is 19.4. The van der Waals surface area contributed by atoms with Crippen LogP contribution in [0, 0.1) is 10.1 Å². The van der Waals surface area contributed by atoms with Crippen molar-refractivity contribution in [1.29, 1.82) is 0 Å². The van der Waals surface area contributed by atoms with Gasteiger partial charge in [-0.05, 0) is 43.1 Å². The van der Waals surface area contributed by atoms with E-state index in [0.717, 1.165) is 17.8 Å². The molecule has 0 amide bonds. The predicted octanol–water partition coefficient (Wildman–Crippen LogP) is 2.33. The fraction of sp³-hybridized carbons (Fsp3) is 0.294. The Labute approximate surface area is 175 Å². The van der Waals surface area contributed by atoms with Crippen LogP contribution in [0.2, 0.25) is 0 Å². The monoisotopic (exact) mass is 451 g/mol. The highest BCUT2D eigenvalue weighted by Gasteiger charge is 2.30. The van der Waals surface area contributed by atoms with Crippen molar-refractivity contribution in [2.45, 2.75) is 15.0 Å². The van der Waals surface area contributed by atoms with Gasteiger partial charge in [0, 0.05) is 32.2 Å². The lowest BCUT2D eigenvalue weighted by atomic mass is 10.3. The number of rotatable bonds is 6. The first-order chi connectivity index (χ1) is 14.3. The van der Waals surface area contributed by atoms with E-state index in [-0.39, 0.29) is 26.6 Å². The molecule has 0 atom stereocenters. The fourth-order valence-corrected chi connectivity index (χ4v) is 5.12. The van der Waals surface area contributed by atoms with Crippen LogP contribution in [0.1, 0.15) is 0 Å². The number of furan rings is 1.